The highest BCUT2D eigenvalue weighted by Crippen LogP contribution is 2.20. The van der Waals surface area contributed by atoms with Crippen LogP contribution in [0.5, 0.6) is 0 Å². The molecule has 0 fully saturated rings. The van der Waals surface area contributed by atoms with Crippen LogP contribution in [-0.4, -0.2) is 50.8 Å². The molecule has 1 aromatic carbocycles. The Balaban J connectivity index is 1.96. The highest BCUT2D eigenvalue weighted by atomic mass is 16.2. The molecule has 2 heterocycles. The van der Waals surface area contributed by atoms with Crippen LogP contribution in [0.2, 0.25) is 0 Å². The molecule has 0 radical (unpaired) electrons. The fourth-order valence-corrected chi connectivity index (χ4v) is 2.75. The molecule has 0 aliphatic rings. The fourth-order valence-electron chi connectivity index (χ4n) is 2.75. The van der Waals surface area contributed by atoms with Crippen LogP contribution in [0.3, 0.4) is 0 Å². The van der Waals surface area contributed by atoms with Gasteiger partial charge < -0.3 is 10.2 Å². The summed E-state index contributed by atoms with van der Waals surface area (Å²) in [5, 5.41) is 16.3. The molecule has 0 aliphatic carbocycles. The lowest BCUT2D eigenvalue weighted by atomic mass is 9.98. The van der Waals surface area contributed by atoms with Crippen molar-refractivity contribution in [3.05, 3.63) is 42.5 Å². The highest BCUT2D eigenvalue weighted by Gasteiger charge is 2.26. The van der Waals surface area contributed by atoms with Crippen molar-refractivity contribution in [3.63, 3.8) is 0 Å². The van der Waals surface area contributed by atoms with Gasteiger partial charge in [-0.25, -0.2) is 0 Å². The molecular weight excluding hydrogens is 328 g/mol. The molecule has 2 aromatic heterocycles. The zero-order chi connectivity index (χ0) is 18.7. The SMILES string of the molecule is CC[C@H](C)[C@H](Nc1ccc2nnc(-c3ccccc3)n2n1)C(=O)N(C)C. The molecule has 0 aliphatic heterocycles. The van der Waals surface area contributed by atoms with Gasteiger partial charge in [0, 0.05) is 19.7 Å². The van der Waals surface area contributed by atoms with Gasteiger partial charge in [0.1, 0.15) is 11.9 Å². The van der Waals surface area contributed by atoms with Crippen LogP contribution in [0.25, 0.3) is 17.0 Å². The van der Waals surface area contributed by atoms with Gasteiger partial charge in [-0.05, 0) is 18.1 Å². The van der Waals surface area contributed by atoms with E-state index in [0.717, 1.165) is 12.0 Å². The summed E-state index contributed by atoms with van der Waals surface area (Å²) >= 11 is 0. The van der Waals surface area contributed by atoms with E-state index in [1.165, 1.54) is 0 Å². The van der Waals surface area contributed by atoms with E-state index in [1.807, 2.05) is 42.5 Å². The number of nitrogens with zero attached hydrogens (tertiary/aromatic N) is 5. The van der Waals surface area contributed by atoms with Gasteiger partial charge in [0.2, 0.25) is 5.91 Å². The number of nitrogens with one attached hydrogen (secondary N) is 1. The predicted molar refractivity (Wildman–Crippen MR) is 102 cm³/mol. The van der Waals surface area contributed by atoms with Crippen LogP contribution in [0.1, 0.15) is 20.3 Å². The Kier molecular flexibility index (Phi) is 5.16. The molecule has 0 saturated heterocycles. The second-order valence-corrected chi connectivity index (χ2v) is 6.62. The molecule has 0 saturated carbocycles. The lowest BCUT2D eigenvalue weighted by Gasteiger charge is -2.26. The largest absolute Gasteiger partial charge is 0.357 e. The summed E-state index contributed by atoms with van der Waals surface area (Å²) in [5.74, 6) is 1.50. The smallest absolute Gasteiger partial charge is 0.244 e. The van der Waals surface area contributed by atoms with Crippen LogP contribution in [0.4, 0.5) is 5.82 Å². The Morgan fingerprint density at radius 2 is 1.88 bits per heavy atom. The van der Waals surface area contributed by atoms with E-state index in [0.29, 0.717) is 17.3 Å². The first-order valence-corrected chi connectivity index (χ1v) is 8.76. The second-order valence-electron chi connectivity index (χ2n) is 6.62. The van der Waals surface area contributed by atoms with E-state index in [4.69, 9.17) is 0 Å². The molecule has 0 unspecified atom stereocenters. The lowest BCUT2D eigenvalue weighted by Crippen LogP contribution is -2.43. The molecule has 0 bridgehead atoms. The maximum Gasteiger partial charge on any atom is 0.244 e. The Hall–Kier alpha value is -2.96. The zero-order valence-electron chi connectivity index (χ0n) is 15.5. The van der Waals surface area contributed by atoms with E-state index in [-0.39, 0.29) is 17.9 Å². The minimum absolute atomic E-state index is 0.0354. The summed E-state index contributed by atoms with van der Waals surface area (Å²) in [7, 11) is 3.53. The van der Waals surface area contributed by atoms with Crippen molar-refractivity contribution in [3.8, 4) is 11.4 Å². The number of likely N-dealkylation sites (N-methyl/N-ethyl adjacent to an activating group) is 1. The van der Waals surface area contributed by atoms with Crippen LogP contribution < -0.4 is 5.32 Å². The molecule has 1 amide bonds. The molecule has 26 heavy (non-hydrogen) atoms. The molecule has 2 atom stereocenters. The third-order valence-corrected chi connectivity index (χ3v) is 4.52. The lowest BCUT2D eigenvalue weighted by molar-refractivity contribution is -0.130. The quantitative estimate of drug-likeness (QED) is 0.738. The highest BCUT2D eigenvalue weighted by molar-refractivity contribution is 5.84. The van der Waals surface area contributed by atoms with Gasteiger partial charge in [0.25, 0.3) is 0 Å². The van der Waals surface area contributed by atoms with E-state index < -0.39 is 0 Å². The Morgan fingerprint density at radius 1 is 1.15 bits per heavy atom. The summed E-state index contributed by atoms with van der Waals surface area (Å²) in [5.41, 5.74) is 1.60. The van der Waals surface area contributed by atoms with Crippen molar-refractivity contribution in [2.75, 3.05) is 19.4 Å². The van der Waals surface area contributed by atoms with Gasteiger partial charge in [0.05, 0.1) is 0 Å². The first-order chi connectivity index (χ1) is 12.5. The van der Waals surface area contributed by atoms with Crippen LogP contribution in [0, 0.1) is 5.92 Å². The number of benzene rings is 1. The Labute approximate surface area is 153 Å². The number of anilines is 1. The number of hydrogen-bond donors (Lipinski definition) is 1. The number of amides is 1. The summed E-state index contributed by atoms with van der Waals surface area (Å²) in [6, 6.07) is 13.1. The average Bonchev–Trinajstić information content (AvgIpc) is 3.08. The summed E-state index contributed by atoms with van der Waals surface area (Å²) in [6.45, 7) is 4.14. The number of hydrogen-bond acceptors (Lipinski definition) is 5. The average molecular weight is 352 g/mol. The van der Waals surface area contributed by atoms with Crippen LogP contribution in [-0.2, 0) is 4.79 Å². The molecule has 1 N–H and O–H groups in total. The molecule has 7 heteroatoms. The van der Waals surface area contributed by atoms with Gasteiger partial charge in [0.15, 0.2) is 11.5 Å². The van der Waals surface area contributed by atoms with Gasteiger partial charge >= 0.3 is 0 Å². The van der Waals surface area contributed by atoms with Crippen LogP contribution in [0.15, 0.2) is 42.5 Å². The third kappa shape index (κ3) is 3.51. The standard InChI is InChI=1S/C19H24N6O/c1-5-13(2)17(19(26)24(3)4)20-15-11-12-16-21-22-18(25(16)23-15)14-9-7-6-8-10-14/h6-13,17H,5H2,1-4H3,(H,20,23)/t13-,17-/m0/s1. The van der Waals surface area contributed by atoms with Crippen molar-refractivity contribution in [1.82, 2.24) is 24.7 Å². The predicted octanol–water partition coefficient (Wildman–Crippen LogP) is 2.71. The van der Waals surface area contributed by atoms with Gasteiger partial charge in [-0.15, -0.1) is 15.3 Å². The molecule has 136 valence electrons. The fraction of sp³-hybridized carbons (Fsp3) is 0.368. The first kappa shape index (κ1) is 17.8. The Morgan fingerprint density at radius 3 is 2.54 bits per heavy atom. The van der Waals surface area contributed by atoms with Crippen LogP contribution >= 0.6 is 0 Å². The number of rotatable bonds is 6. The maximum absolute atomic E-state index is 12.6. The van der Waals surface area contributed by atoms with Crippen molar-refractivity contribution < 1.29 is 4.79 Å². The third-order valence-electron chi connectivity index (χ3n) is 4.52. The number of carbonyl (C=O) groups excluding carboxylic acids is 1. The van der Waals surface area contributed by atoms with E-state index >= 15 is 0 Å². The molecule has 3 rings (SSSR count). The molecule has 3 aromatic rings. The molecule has 0 spiro atoms. The normalized spacial score (nSPS) is 13.4. The summed E-state index contributed by atoms with van der Waals surface area (Å²) in [6.07, 6.45) is 0.890. The zero-order valence-corrected chi connectivity index (χ0v) is 15.5. The summed E-state index contributed by atoms with van der Waals surface area (Å²) < 4.78 is 1.70. The first-order valence-electron chi connectivity index (χ1n) is 8.76. The topological polar surface area (TPSA) is 75.4 Å². The number of aromatic nitrogens is 4. The minimum Gasteiger partial charge on any atom is -0.357 e. The van der Waals surface area contributed by atoms with Gasteiger partial charge in [-0.1, -0.05) is 50.6 Å². The van der Waals surface area contributed by atoms with Crippen molar-refractivity contribution in [1.29, 1.82) is 0 Å². The van der Waals surface area contributed by atoms with E-state index in [1.54, 1.807) is 23.5 Å². The van der Waals surface area contributed by atoms with Crippen molar-refractivity contribution in [2.45, 2.75) is 26.3 Å². The Bertz CT molecular complexity index is 889. The van der Waals surface area contributed by atoms with E-state index in [9.17, 15) is 4.79 Å². The number of carbonyl (C=O) groups is 1. The maximum atomic E-state index is 12.6. The molecular formula is C19H24N6O. The van der Waals surface area contributed by atoms with Gasteiger partial charge in [-0.2, -0.15) is 4.52 Å². The molecule has 7 nitrogen and oxygen atoms in total. The number of fused-ring (bicyclic) bond motifs is 1. The second kappa shape index (κ2) is 7.51. The summed E-state index contributed by atoms with van der Waals surface area (Å²) in [4.78, 5) is 14.2. The van der Waals surface area contributed by atoms with E-state index in [2.05, 4.69) is 34.5 Å². The van der Waals surface area contributed by atoms with Crippen molar-refractivity contribution in [2.24, 2.45) is 5.92 Å². The minimum atomic E-state index is -0.336. The van der Waals surface area contributed by atoms with Crippen molar-refractivity contribution >= 4 is 17.4 Å². The van der Waals surface area contributed by atoms with Gasteiger partial charge in [-0.3, -0.25) is 4.79 Å². The monoisotopic (exact) mass is 352 g/mol.